The van der Waals surface area contributed by atoms with Crippen LogP contribution in [0.2, 0.25) is 0 Å². The zero-order chi connectivity index (χ0) is 27.8. The molecule has 0 aromatic heterocycles. The van der Waals surface area contributed by atoms with Crippen LogP contribution in [0.4, 0.5) is 14.9 Å². The highest BCUT2D eigenvalue weighted by molar-refractivity contribution is 6.18. The fourth-order valence-electron chi connectivity index (χ4n) is 2.96. The molecule has 37 heavy (non-hydrogen) atoms. The molecule has 10 nitrogen and oxygen atoms in total. The molecule has 0 atom stereocenters. The number of amides is 1. The molecule has 2 aromatic carbocycles. The minimum atomic E-state index is -0.863. The molecular formula is C26H30FN3O7. The van der Waals surface area contributed by atoms with Gasteiger partial charge in [0, 0.05) is 24.8 Å². The van der Waals surface area contributed by atoms with Gasteiger partial charge in [-0.3, -0.25) is 10.7 Å². The van der Waals surface area contributed by atoms with Gasteiger partial charge in [-0.1, -0.05) is 12.1 Å². The zero-order valence-electron chi connectivity index (χ0n) is 21.2. The number of benzene rings is 2. The molecule has 0 unspecified atom stereocenters. The predicted molar refractivity (Wildman–Crippen MR) is 136 cm³/mol. The molecular weight excluding hydrogens is 485 g/mol. The fraction of sp³-hybridized carbons (Fsp3) is 0.308. The number of allylic oxidation sites excluding steroid dienone is 2. The number of aliphatic hydroxyl groups is 1. The van der Waals surface area contributed by atoms with E-state index in [9.17, 15) is 19.1 Å². The summed E-state index contributed by atoms with van der Waals surface area (Å²) in [5, 5.41) is 29.7. The van der Waals surface area contributed by atoms with E-state index in [2.05, 4.69) is 10.1 Å². The Morgan fingerprint density at radius 2 is 1.68 bits per heavy atom. The number of carbonyl (C=O) groups is 2. The molecule has 11 heteroatoms. The highest BCUT2D eigenvalue weighted by Crippen LogP contribution is 2.29. The first-order valence-electron chi connectivity index (χ1n) is 11.1. The Morgan fingerprint density at radius 1 is 1.05 bits per heavy atom. The Hall–Kier alpha value is -4.25. The summed E-state index contributed by atoms with van der Waals surface area (Å²) in [5.74, 6) is -2.25. The molecule has 2 rings (SSSR count). The molecule has 0 fully saturated rings. The standard InChI is InChI=1S/C26H30FN3O7/c1-26(2,3)37-25(33)30-20-14-22(36-11-10-34-4)18(27)12-17(20)23(29)21(31)13-19(28)15-6-8-16(9-7-15)24(32)35-5/h6-9,12-14,28-29,31H,10-11H2,1-5H3,(H,30,33)/b21-13-,28-19?,29-23?. The number of carbonyl (C=O) groups excluding carboxylic acids is 2. The summed E-state index contributed by atoms with van der Waals surface area (Å²) in [7, 11) is 2.71. The predicted octanol–water partition coefficient (Wildman–Crippen LogP) is 4.86. The number of hydrogen-bond donors (Lipinski definition) is 4. The number of halogens is 1. The first kappa shape index (κ1) is 29.0. The van der Waals surface area contributed by atoms with Gasteiger partial charge in [-0.2, -0.15) is 0 Å². The second-order valence-corrected chi connectivity index (χ2v) is 8.68. The zero-order valence-corrected chi connectivity index (χ0v) is 21.2. The number of ether oxygens (including phenoxy) is 4. The lowest BCUT2D eigenvalue weighted by Crippen LogP contribution is -2.28. The van der Waals surface area contributed by atoms with E-state index in [-0.39, 0.29) is 41.5 Å². The van der Waals surface area contributed by atoms with E-state index < -0.39 is 35.0 Å². The average Bonchev–Trinajstić information content (AvgIpc) is 2.83. The Kier molecular flexibility index (Phi) is 9.90. The van der Waals surface area contributed by atoms with Crippen LogP contribution in [-0.2, 0) is 14.2 Å². The van der Waals surface area contributed by atoms with E-state index in [1.54, 1.807) is 20.8 Å². The second-order valence-electron chi connectivity index (χ2n) is 8.68. The second kappa shape index (κ2) is 12.6. The first-order chi connectivity index (χ1) is 17.4. The minimum Gasteiger partial charge on any atom is -0.506 e. The van der Waals surface area contributed by atoms with Crippen LogP contribution >= 0.6 is 0 Å². The monoisotopic (exact) mass is 515 g/mol. The van der Waals surface area contributed by atoms with Crippen molar-refractivity contribution in [1.29, 1.82) is 10.8 Å². The van der Waals surface area contributed by atoms with Crippen LogP contribution in [0.15, 0.2) is 48.2 Å². The Balaban J connectivity index is 2.38. The number of nitrogens with one attached hydrogen (secondary N) is 3. The van der Waals surface area contributed by atoms with Crippen LogP contribution in [-0.4, -0.2) is 61.6 Å². The van der Waals surface area contributed by atoms with Gasteiger partial charge in [0.25, 0.3) is 0 Å². The third-order valence-corrected chi connectivity index (χ3v) is 4.68. The molecule has 0 aliphatic heterocycles. The Bertz CT molecular complexity index is 1200. The first-order valence-corrected chi connectivity index (χ1v) is 11.1. The van der Waals surface area contributed by atoms with Gasteiger partial charge in [0.2, 0.25) is 0 Å². The van der Waals surface area contributed by atoms with Gasteiger partial charge in [0.1, 0.15) is 23.7 Å². The summed E-state index contributed by atoms with van der Waals surface area (Å²) in [4.78, 5) is 24.0. The Labute approximate surface area is 214 Å². The van der Waals surface area contributed by atoms with E-state index in [0.717, 1.165) is 12.1 Å². The highest BCUT2D eigenvalue weighted by atomic mass is 19.1. The van der Waals surface area contributed by atoms with Crippen molar-refractivity contribution in [2.75, 3.05) is 32.8 Å². The van der Waals surface area contributed by atoms with E-state index in [1.165, 1.54) is 44.6 Å². The van der Waals surface area contributed by atoms with Crippen LogP contribution in [0, 0.1) is 16.6 Å². The number of aliphatic hydroxyl groups excluding tert-OH is 1. The molecule has 0 aliphatic rings. The van der Waals surface area contributed by atoms with Crippen LogP contribution in [0.3, 0.4) is 0 Å². The van der Waals surface area contributed by atoms with Crippen molar-refractivity contribution < 1.29 is 38.0 Å². The number of anilines is 1. The maximum absolute atomic E-state index is 14.8. The molecule has 0 aliphatic carbocycles. The smallest absolute Gasteiger partial charge is 0.412 e. The maximum atomic E-state index is 14.8. The Morgan fingerprint density at radius 3 is 2.24 bits per heavy atom. The summed E-state index contributed by atoms with van der Waals surface area (Å²) < 4.78 is 34.9. The molecule has 0 saturated heterocycles. The SMILES string of the molecule is COCCOc1cc(NC(=O)OC(C)(C)C)c(C(=N)/C(O)=C/C(=N)c2ccc(C(=O)OC)cc2)cc1F. The summed E-state index contributed by atoms with van der Waals surface area (Å²) in [6, 6.07) is 7.95. The van der Waals surface area contributed by atoms with E-state index in [0.29, 0.717) is 5.56 Å². The van der Waals surface area contributed by atoms with E-state index >= 15 is 0 Å². The fourth-order valence-corrected chi connectivity index (χ4v) is 2.96. The van der Waals surface area contributed by atoms with Crippen LogP contribution in [0.5, 0.6) is 5.75 Å². The van der Waals surface area contributed by atoms with Gasteiger partial charge in [-0.25, -0.2) is 14.0 Å². The molecule has 198 valence electrons. The summed E-state index contributed by atoms with van der Waals surface area (Å²) in [5.41, 5.74) is -1.18. The molecule has 2 aromatic rings. The van der Waals surface area contributed by atoms with Crippen molar-refractivity contribution in [1.82, 2.24) is 0 Å². The van der Waals surface area contributed by atoms with E-state index in [1.807, 2.05) is 0 Å². The number of methoxy groups -OCH3 is 2. The van der Waals surface area contributed by atoms with Crippen molar-refractivity contribution in [3.63, 3.8) is 0 Å². The lowest BCUT2D eigenvalue weighted by atomic mass is 10.0. The van der Waals surface area contributed by atoms with Gasteiger partial charge >= 0.3 is 12.1 Å². The van der Waals surface area contributed by atoms with Gasteiger partial charge in [-0.15, -0.1) is 0 Å². The van der Waals surface area contributed by atoms with Crippen molar-refractivity contribution in [2.24, 2.45) is 0 Å². The number of rotatable bonds is 10. The molecule has 0 heterocycles. The average molecular weight is 516 g/mol. The lowest BCUT2D eigenvalue weighted by Gasteiger charge is -2.21. The molecule has 0 radical (unpaired) electrons. The molecule has 0 bridgehead atoms. The number of hydrogen-bond acceptors (Lipinski definition) is 9. The third-order valence-electron chi connectivity index (χ3n) is 4.68. The molecule has 4 N–H and O–H groups in total. The summed E-state index contributed by atoms with van der Waals surface area (Å²) in [6.07, 6.45) is 0.131. The largest absolute Gasteiger partial charge is 0.506 e. The van der Waals surface area contributed by atoms with Crippen molar-refractivity contribution >= 4 is 29.2 Å². The lowest BCUT2D eigenvalue weighted by molar-refractivity contribution is 0.0598. The van der Waals surface area contributed by atoms with Crippen LogP contribution in [0.25, 0.3) is 0 Å². The van der Waals surface area contributed by atoms with Gasteiger partial charge < -0.3 is 29.5 Å². The third kappa shape index (κ3) is 8.43. The van der Waals surface area contributed by atoms with Crippen LogP contribution < -0.4 is 10.1 Å². The highest BCUT2D eigenvalue weighted by Gasteiger charge is 2.22. The van der Waals surface area contributed by atoms with Crippen molar-refractivity contribution in [2.45, 2.75) is 26.4 Å². The van der Waals surface area contributed by atoms with Gasteiger partial charge in [0.15, 0.2) is 11.6 Å². The quantitative estimate of drug-likeness (QED) is 0.153. The van der Waals surface area contributed by atoms with Gasteiger partial charge in [-0.05, 0) is 44.5 Å². The van der Waals surface area contributed by atoms with E-state index in [4.69, 9.17) is 25.0 Å². The maximum Gasteiger partial charge on any atom is 0.412 e. The number of esters is 1. The molecule has 1 amide bonds. The molecule has 0 spiro atoms. The van der Waals surface area contributed by atoms with Gasteiger partial charge in [0.05, 0.1) is 30.7 Å². The minimum absolute atomic E-state index is 0.0349. The molecule has 0 saturated carbocycles. The topological polar surface area (TPSA) is 151 Å². The normalized spacial score (nSPS) is 11.5. The van der Waals surface area contributed by atoms with Crippen LogP contribution in [0.1, 0.15) is 42.3 Å². The van der Waals surface area contributed by atoms with Crippen molar-refractivity contribution in [3.8, 4) is 5.75 Å². The summed E-state index contributed by atoms with van der Waals surface area (Å²) >= 11 is 0. The summed E-state index contributed by atoms with van der Waals surface area (Å²) in [6.45, 7) is 5.22. The van der Waals surface area contributed by atoms with Crippen molar-refractivity contribution in [3.05, 3.63) is 70.7 Å².